The lowest BCUT2D eigenvalue weighted by molar-refractivity contribution is 1.11. The summed E-state index contributed by atoms with van der Waals surface area (Å²) in [5.41, 5.74) is 9.50. The van der Waals surface area contributed by atoms with Gasteiger partial charge in [0.15, 0.2) is 0 Å². The van der Waals surface area contributed by atoms with Gasteiger partial charge in [0, 0.05) is 11.4 Å². The van der Waals surface area contributed by atoms with Crippen molar-refractivity contribution in [3.8, 4) is 11.1 Å². The summed E-state index contributed by atoms with van der Waals surface area (Å²) in [6.45, 7) is 2.77. The molecule has 1 heterocycles. The summed E-state index contributed by atoms with van der Waals surface area (Å²) >= 11 is 1.73. The Labute approximate surface area is 88.2 Å². The molecule has 0 bridgehead atoms. The lowest BCUT2D eigenvalue weighted by Gasteiger charge is -2.01. The summed E-state index contributed by atoms with van der Waals surface area (Å²) in [5, 5.41) is 2.17. The highest BCUT2D eigenvalue weighted by molar-refractivity contribution is 7.10. The van der Waals surface area contributed by atoms with Gasteiger partial charge in [0.25, 0.3) is 0 Å². The van der Waals surface area contributed by atoms with Crippen molar-refractivity contribution in [3.63, 3.8) is 0 Å². The second kappa shape index (κ2) is 3.95. The number of nitrogens with two attached hydrogens (primary N) is 1. The number of thiophene rings is 1. The van der Waals surface area contributed by atoms with Crippen LogP contribution in [0.2, 0.25) is 0 Å². The molecule has 0 amide bonds. The average molecular weight is 203 g/mol. The lowest BCUT2D eigenvalue weighted by atomic mass is 10.0. The Morgan fingerprint density at radius 1 is 1.29 bits per heavy atom. The van der Waals surface area contributed by atoms with E-state index in [1.165, 1.54) is 21.6 Å². The molecule has 0 radical (unpaired) electrons. The highest BCUT2D eigenvalue weighted by atomic mass is 32.1. The van der Waals surface area contributed by atoms with Crippen molar-refractivity contribution in [2.24, 2.45) is 5.73 Å². The molecule has 0 saturated carbocycles. The Kier molecular flexibility index (Phi) is 2.66. The van der Waals surface area contributed by atoms with Crippen LogP contribution in [-0.4, -0.2) is 0 Å². The maximum absolute atomic E-state index is 5.59. The first kappa shape index (κ1) is 9.44. The monoisotopic (exact) mass is 203 g/mol. The van der Waals surface area contributed by atoms with Gasteiger partial charge in [-0.2, -0.15) is 0 Å². The van der Waals surface area contributed by atoms with Crippen LogP contribution in [0.25, 0.3) is 11.1 Å². The van der Waals surface area contributed by atoms with Crippen LogP contribution in [0.4, 0.5) is 0 Å². The van der Waals surface area contributed by atoms with Gasteiger partial charge in [0.2, 0.25) is 0 Å². The summed E-state index contributed by atoms with van der Waals surface area (Å²) in [6.07, 6.45) is 0. The quantitative estimate of drug-likeness (QED) is 0.797. The maximum Gasteiger partial charge on any atom is 0.0274 e. The van der Waals surface area contributed by atoms with Crippen LogP contribution in [0.1, 0.15) is 10.4 Å². The van der Waals surface area contributed by atoms with Gasteiger partial charge >= 0.3 is 0 Å². The highest BCUT2D eigenvalue weighted by Crippen LogP contribution is 2.27. The van der Waals surface area contributed by atoms with Crippen molar-refractivity contribution >= 4 is 11.3 Å². The van der Waals surface area contributed by atoms with Crippen molar-refractivity contribution in [2.45, 2.75) is 13.5 Å². The maximum atomic E-state index is 5.59. The van der Waals surface area contributed by atoms with Gasteiger partial charge in [-0.1, -0.05) is 24.3 Å². The summed E-state index contributed by atoms with van der Waals surface area (Å²) in [5.74, 6) is 0. The SMILES string of the molecule is Cc1ccccc1-c1csc(CN)c1. The minimum atomic E-state index is 0.635. The van der Waals surface area contributed by atoms with E-state index in [-0.39, 0.29) is 0 Å². The second-order valence-electron chi connectivity index (χ2n) is 3.32. The minimum Gasteiger partial charge on any atom is -0.326 e. The number of hydrogen-bond acceptors (Lipinski definition) is 2. The summed E-state index contributed by atoms with van der Waals surface area (Å²) < 4.78 is 0. The summed E-state index contributed by atoms with van der Waals surface area (Å²) in [4.78, 5) is 1.24. The van der Waals surface area contributed by atoms with Crippen molar-refractivity contribution < 1.29 is 0 Å². The van der Waals surface area contributed by atoms with Crippen LogP contribution in [0.15, 0.2) is 35.7 Å². The molecule has 0 spiro atoms. The lowest BCUT2D eigenvalue weighted by Crippen LogP contribution is -1.91. The van der Waals surface area contributed by atoms with E-state index in [0.717, 1.165) is 0 Å². The van der Waals surface area contributed by atoms with Gasteiger partial charge in [-0.15, -0.1) is 11.3 Å². The molecule has 1 aromatic heterocycles. The minimum absolute atomic E-state index is 0.635. The van der Waals surface area contributed by atoms with E-state index in [9.17, 15) is 0 Å². The first-order valence-corrected chi connectivity index (χ1v) is 5.52. The van der Waals surface area contributed by atoms with Gasteiger partial charge in [0.1, 0.15) is 0 Å². The fourth-order valence-electron chi connectivity index (χ4n) is 1.53. The molecule has 0 fully saturated rings. The molecular weight excluding hydrogens is 190 g/mol. The zero-order valence-corrected chi connectivity index (χ0v) is 8.97. The van der Waals surface area contributed by atoms with Gasteiger partial charge < -0.3 is 5.73 Å². The largest absolute Gasteiger partial charge is 0.326 e. The number of hydrogen-bond donors (Lipinski definition) is 1. The van der Waals surface area contributed by atoms with Crippen LogP contribution < -0.4 is 5.73 Å². The average Bonchev–Trinajstić information content (AvgIpc) is 2.67. The summed E-state index contributed by atoms with van der Waals surface area (Å²) in [6, 6.07) is 10.6. The standard InChI is InChI=1S/C12H13NS/c1-9-4-2-3-5-12(9)10-6-11(7-13)14-8-10/h2-6,8H,7,13H2,1H3. The van der Waals surface area contributed by atoms with Crippen molar-refractivity contribution in [1.82, 2.24) is 0 Å². The number of rotatable bonds is 2. The van der Waals surface area contributed by atoms with E-state index in [0.29, 0.717) is 6.54 Å². The smallest absolute Gasteiger partial charge is 0.0274 e. The van der Waals surface area contributed by atoms with Crippen molar-refractivity contribution in [1.29, 1.82) is 0 Å². The topological polar surface area (TPSA) is 26.0 Å². The Morgan fingerprint density at radius 3 is 2.71 bits per heavy atom. The van der Waals surface area contributed by atoms with Gasteiger partial charge in [0.05, 0.1) is 0 Å². The normalized spacial score (nSPS) is 10.4. The molecule has 0 aliphatic heterocycles. The van der Waals surface area contributed by atoms with E-state index in [4.69, 9.17) is 5.73 Å². The predicted octanol–water partition coefficient (Wildman–Crippen LogP) is 3.18. The predicted molar refractivity (Wildman–Crippen MR) is 62.4 cm³/mol. The molecule has 14 heavy (non-hydrogen) atoms. The molecule has 72 valence electrons. The molecule has 1 nitrogen and oxygen atoms in total. The Hall–Kier alpha value is -1.12. The first-order valence-electron chi connectivity index (χ1n) is 4.65. The molecule has 0 aliphatic rings. The molecule has 0 atom stereocenters. The van der Waals surface area contributed by atoms with Crippen molar-refractivity contribution in [3.05, 3.63) is 46.2 Å². The molecule has 2 heteroatoms. The van der Waals surface area contributed by atoms with Gasteiger partial charge in [-0.25, -0.2) is 0 Å². The van der Waals surface area contributed by atoms with Crippen molar-refractivity contribution in [2.75, 3.05) is 0 Å². The van der Waals surface area contributed by atoms with Crippen LogP contribution in [0.5, 0.6) is 0 Å². The zero-order chi connectivity index (χ0) is 9.97. The molecular formula is C12H13NS. The Morgan fingerprint density at radius 2 is 2.07 bits per heavy atom. The second-order valence-corrected chi connectivity index (χ2v) is 4.32. The van der Waals surface area contributed by atoms with Crippen LogP contribution in [-0.2, 0) is 6.54 Å². The summed E-state index contributed by atoms with van der Waals surface area (Å²) in [7, 11) is 0. The third-order valence-electron chi connectivity index (χ3n) is 2.31. The third kappa shape index (κ3) is 1.72. The van der Waals surface area contributed by atoms with Crippen LogP contribution in [0, 0.1) is 6.92 Å². The Bertz CT molecular complexity index is 431. The third-order valence-corrected chi connectivity index (χ3v) is 3.27. The van der Waals surface area contributed by atoms with Gasteiger partial charge in [-0.3, -0.25) is 0 Å². The van der Waals surface area contributed by atoms with Crippen LogP contribution in [0.3, 0.4) is 0 Å². The first-order chi connectivity index (χ1) is 6.81. The molecule has 2 rings (SSSR count). The molecule has 0 unspecified atom stereocenters. The van der Waals surface area contributed by atoms with E-state index in [1.54, 1.807) is 11.3 Å². The zero-order valence-electron chi connectivity index (χ0n) is 8.16. The van der Waals surface area contributed by atoms with E-state index < -0.39 is 0 Å². The highest BCUT2D eigenvalue weighted by Gasteiger charge is 2.03. The van der Waals surface area contributed by atoms with Crippen LogP contribution >= 0.6 is 11.3 Å². The van der Waals surface area contributed by atoms with E-state index in [1.807, 2.05) is 0 Å². The Balaban J connectivity index is 2.44. The van der Waals surface area contributed by atoms with Gasteiger partial charge in [-0.05, 0) is 35.1 Å². The fraction of sp³-hybridized carbons (Fsp3) is 0.167. The molecule has 1 aromatic carbocycles. The van der Waals surface area contributed by atoms with E-state index in [2.05, 4.69) is 42.6 Å². The molecule has 0 aliphatic carbocycles. The molecule has 2 N–H and O–H groups in total. The van der Waals surface area contributed by atoms with E-state index >= 15 is 0 Å². The number of benzene rings is 1. The molecule has 0 saturated heterocycles. The molecule has 2 aromatic rings. The fourth-order valence-corrected chi connectivity index (χ4v) is 2.29. The number of aryl methyl sites for hydroxylation is 1.